The van der Waals surface area contributed by atoms with Crippen molar-refractivity contribution >= 4 is 5.69 Å². The van der Waals surface area contributed by atoms with E-state index in [0.717, 1.165) is 55.7 Å². The summed E-state index contributed by atoms with van der Waals surface area (Å²) in [5, 5.41) is 22.6. The molecule has 1 aromatic carbocycles. The molecule has 0 spiro atoms. The molecule has 1 aliphatic rings. The lowest BCUT2D eigenvalue weighted by Gasteiger charge is -2.25. The highest BCUT2D eigenvalue weighted by atomic mass is 16.3. The van der Waals surface area contributed by atoms with E-state index in [4.69, 9.17) is 0 Å². The maximum atomic E-state index is 10.2. The van der Waals surface area contributed by atoms with Gasteiger partial charge in [0.05, 0.1) is 16.9 Å². The number of rotatable bonds is 3. The summed E-state index contributed by atoms with van der Waals surface area (Å²) >= 11 is 0. The summed E-state index contributed by atoms with van der Waals surface area (Å²) in [7, 11) is 1.90. The second kappa shape index (κ2) is 6.25. The van der Waals surface area contributed by atoms with Crippen LogP contribution in [0.1, 0.15) is 37.3 Å². The van der Waals surface area contributed by atoms with Crippen molar-refractivity contribution in [1.29, 1.82) is 5.26 Å². The Balaban J connectivity index is 2.22. The summed E-state index contributed by atoms with van der Waals surface area (Å²) in [5.41, 5.74) is 2.26. The fourth-order valence-corrected chi connectivity index (χ4v) is 2.77. The Labute approximate surface area is 121 Å². The van der Waals surface area contributed by atoms with Gasteiger partial charge in [-0.3, -0.25) is 0 Å². The van der Waals surface area contributed by atoms with Crippen LogP contribution in [-0.2, 0) is 6.54 Å². The van der Waals surface area contributed by atoms with Crippen molar-refractivity contribution in [1.82, 2.24) is 5.32 Å². The third-order valence-electron chi connectivity index (χ3n) is 3.97. The van der Waals surface area contributed by atoms with Crippen molar-refractivity contribution in [3.8, 4) is 6.07 Å². The minimum atomic E-state index is -0.576. The van der Waals surface area contributed by atoms with Gasteiger partial charge in [0.25, 0.3) is 0 Å². The lowest BCUT2D eigenvalue weighted by atomic mass is 9.98. The van der Waals surface area contributed by atoms with Crippen LogP contribution in [0.15, 0.2) is 18.2 Å². The molecule has 1 saturated heterocycles. The standard InChI is InChI=1S/C16H23N3O/c1-16(20)6-3-8-19(9-7-16)15-5-4-13(12-18-2)10-14(15)11-17/h4-5,10,18,20H,3,6-9,12H2,1-2H3. The summed E-state index contributed by atoms with van der Waals surface area (Å²) in [6.45, 7) is 4.37. The number of benzene rings is 1. The number of hydrogen-bond acceptors (Lipinski definition) is 4. The van der Waals surface area contributed by atoms with Crippen LogP contribution in [0, 0.1) is 11.3 Å². The summed E-state index contributed by atoms with van der Waals surface area (Å²) < 4.78 is 0. The SMILES string of the molecule is CNCc1ccc(N2CCCC(C)(O)CC2)c(C#N)c1. The van der Waals surface area contributed by atoms with Crippen molar-refractivity contribution in [3.63, 3.8) is 0 Å². The van der Waals surface area contributed by atoms with E-state index in [0.29, 0.717) is 0 Å². The van der Waals surface area contributed by atoms with Crippen molar-refractivity contribution in [2.75, 3.05) is 25.0 Å². The van der Waals surface area contributed by atoms with Gasteiger partial charge >= 0.3 is 0 Å². The molecule has 2 N–H and O–H groups in total. The average Bonchev–Trinajstić information content (AvgIpc) is 2.60. The highest BCUT2D eigenvalue weighted by Gasteiger charge is 2.25. The first-order valence-electron chi connectivity index (χ1n) is 7.21. The number of hydrogen-bond donors (Lipinski definition) is 2. The highest BCUT2D eigenvalue weighted by molar-refractivity contribution is 5.60. The van der Waals surface area contributed by atoms with Crippen LogP contribution in [-0.4, -0.2) is 30.8 Å². The van der Waals surface area contributed by atoms with Gasteiger partial charge in [0.2, 0.25) is 0 Å². The summed E-state index contributed by atoms with van der Waals surface area (Å²) in [5.74, 6) is 0. The minimum absolute atomic E-state index is 0.576. The quantitative estimate of drug-likeness (QED) is 0.884. The predicted octanol–water partition coefficient (Wildman–Crippen LogP) is 2.02. The van der Waals surface area contributed by atoms with E-state index < -0.39 is 5.60 Å². The summed E-state index contributed by atoms with van der Waals surface area (Å²) in [4.78, 5) is 2.23. The summed E-state index contributed by atoms with van der Waals surface area (Å²) in [6.07, 6.45) is 2.52. The number of nitrogens with one attached hydrogen (secondary N) is 1. The van der Waals surface area contributed by atoms with Gasteiger partial charge in [0.15, 0.2) is 0 Å². The maximum absolute atomic E-state index is 10.2. The summed E-state index contributed by atoms with van der Waals surface area (Å²) in [6, 6.07) is 8.35. The van der Waals surface area contributed by atoms with Crippen molar-refractivity contribution in [2.45, 2.75) is 38.3 Å². The third kappa shape index (κ3) is 3.50. The van der Waals surface area contributed by atoms with E-state index in [-0.39, 0.29) is 0 Å². The zero-order chi connectivity index (χ0) is 14.6. The normalized spacial score (nSPS) is 23.2. The molecule has 0 aromatic heterocycles. The Morgan fingerprint density at radius 3 is 2.90 bits per heavy atom. The Morgan fingerprint density at radius 2 is 2.20 bits per heavy atom. The molecule has 1 aliphatic heterocycles. The molecular weight excluding hydrogens is 250 g/mol. The number of nitriles is 1. The van der Waals surface area contributed by atoms with Crippen molar-refractivity contribution in [3.05, 3.63) is 29.3 Å². The molecule has 1 heterocycles. The van der Waals surface area contributed by atoms with Crippen LogP contribution in [0.3, 0.4) is 0 Å². The van der Waals surface area contributed by atoms with E-state index >= 15 is 0 Å². The van der Waals surface area contributed by atoms with Crippen LogP contribution in [0.5, 0.6) is 0 Å². The first kappa shape index (κ1) is 14.8. The molecule has 0 aliphatic carbocycles. The first-order chi connectivity index (χ1) is 9.55. The van der Waals surface area contributed by atoms with Crippen molar-refractivity contribution in [2.24, 2.45) is 0 Å². The Bertz CT molecular complexity index is 505. The van der Waals surface area contributed by atoms with Crippen LogP contribution in [0.2, 0.25) is 0 Å². The zero-order valence-corrected chi connectivity index (χ0v) is 12.3. The Morgan fingerprint density at radius 1 is 1.40 bits per heavy atom. The van der Waals surface area contributed by atoms with Crippen LogP contribution in [0.25, 0.3) is 0 Å². The highest BCUT2D eigenvalue weighted by Crippen LogP contribution is 2.28. The monoisotopic (exact) mass is 273 g/mol. The molecule has 108 valence electrons. The van der Waals surface area contributed by atoms with Gasteiger partial charge in [-0.15, -0.1) is 0 Å². The molecule has 1 aromatic rings. The number of nitrogens with zero attached hydrogens (tertiary/aromatic N) is 2. The molecule has 0 bridgehead atoms. The van der Waals surface area contributed by atoms with Gasteiger partial charge in [-0.05, 0) is 50.9 Å². The third-order valence-corrected chi connectivity index (χ3v) is 3.97. The molecule has 4 heteroatoms. The molecule has 1 unspecified atom stereocenters. The second-order valence-corrected chi connectivity index (χ2v) is 5.83. The lowest BCUT2D eigenvalue weighted by Crippen LogP contribution is -2.28. The van der Waals surface area contributed by atoms with E-state index in [1.807, 2.05) is 26.1 Å². The van der Waals surface area contributed by atoms with E-state index in [1.54, 1.807) is 0 Å². The molecule has 1 atom stereocenters. The van der Waals surface area contributed by atoms with Gasteiger partial charge in [-0.25, -0.2) is 0 Å². The average molecular weight is 273 g/mol. The molecule has 1 fully saturated rings. The molecule has 0 saturated carbocycles. The lowest BCUT2D eigenvalue weighted by molar-refractivity contribution is 0.0481. The molecule has 0 amide bonds. The second-order valence-electron chi connectivity index (χ2n) is 5.83. The molecule has 0 radical (unpaired) electrons. The maximum Gasteiger partial charge on any atom is 0.101 e. The van der Waals surface area contributed by atoms with Gasteiger partial charge in [-0.1, -0.05) is 6.07 Å². The zero-order valence-electron chi connectivity index (χ0n) is 12.3. The van der Waals surface area contributed by atoms with E-state index in [1.165, 1.54) is 0 Å². The van der Waals surface area contributed by atoms with Gasteiger partial charge < -0.3 is 15.3 Å². The van der Waals surface area contributed by atoms with Gasteiger partial charge in [0, 0.05) is 19.6 Å². The number of aliphatic hydroxyl groups is 1. The van der Waals surface area contributed by atoms with E-state index in [9.17, 15) is 10.4 Å². The fourth-order valence-electron chi connectivity index (χ4n) is 2.77. The molecule has 4 nitrogen and oxygen atoms in total. The van der Waals surface area contributed by atoms with Crippen LogP contribution in [0.4, 0.5) is 5.69 Å². The van der Waals surface area contributed by atoms with Gasteiger partial charge in [-0.2, -0.15) is 5.26 Å². The molecular formula is C16H23N3O. The minimum Gasteiger partial charge on any atom is -0.390 e. The predicted molar refractivity (Wildman–Crippen MR) is 80.6 cm³/mol. The fraction of sp³-hybridized carbons (Fsp3) is 0.562. The molecule has 20 heavy (non-hydrogen) atoms. The van der Waals surface area contributed by atoms with Crippen LogP contribution < -0.4 is 10.2 Å². The van der Waals surface area contributed by atoms with Crippen LogP contribution >= 0.6 is 0 Å². The smallest absolute Gasteiger partial charge is 0.101 e. The first-order valence-corrected chi connectivity index (χ1v) is 7.21. The Hall–Kier alpha value is -1.57. The largest absolute Gasteiger partial charge is 0.390 e. The van der Waals surface area contributed by atoms with E-state index in [2.05, 4.69) is 22.4 Å². The van der Waals surface area contributed by atoms with Gasteiger partial charge in [0.1, 0.15) is 6.07 Å². The Kier molecular flexibility index (Phi) is 4.64. The van der Waals surface area contributed by atoms with Crippen molar-refractivity contribution < 1.29 is 5.11 Å². The number of anilines is 1. The topological polar surface area (TPSA) is 59.3 Å². The molecule has 2 rings (SSSR count).